The predicted octanol–water partition coefficient (Wildman–Crippen LogP) is 5.77. The summed E-state index contributed by atoms with van der Waals surface area (Å²) in [5, 5.41) is 12.5. The third-order valence-corrected chi connectivity index (χ3v) is 3.50. The molecule has 0 aliphatic heterocycles. The molecule has 0 saturated heterocycles. The number of anilines is 1. The van der Waals surface area contributed by atoms with Gasteiger partial charge in [0.15, 0.2) is 5.65 Å². The summed E-state index contributed by atoms with van der Waals surface area (Å²) in [6.07, 6.45) is 10.9. The molecular formula is C21H30N6. The Labute approximate surface area is 163 Å². The maximum absolute atomic E-state index is 4.42. The molecule has 0 bridgehead atoms. The molecule has 2 heterocycles. The average molecular weight is 367 g/mol. The Balaban J connectivity index is 0.00000123. The van der Waals surface area contributed by atoms with E-state index >= 15 is 0 Å². The summed E-state index contributed by atoms with van der Waals surface area (Å²) < 4.78 is 0. The largest absolute Gasteiger partial charge is 0.338 e. The van der Waals surface area contributed by atoms with Crippen LogP contribution in [0.2, 0.25) is 0 Å². The highest BCUT2D eigenvalue weighted by Gasteiger charge is 2.12. The monoisotopic (exact) mass is 366 g/mol. The molecule has 0 amide bonds. The van der Waals surface area contributed by atoms with Crippen molar-refractivity contribution < 1.29 is 2.85 Å². The fourth-order valence-corrected chi connectivity index (χ4v) is 2.42. The summed E-state index contributed by atoms with van der Waals surface area (Å²) in [4.78, 5) is 7.68. The van der Waals surface area contributed by atoms with E-state index in [0.29, 0.717) is 11.6 Å². The van der Waals surface area contributed by atoms with Gasteiger partial charge in [-0.3, -0.25) is 0 Å². The molecular weight excluding hydrogens is 336 g/mol. The Hall–Kier alpha value is -3.28. The van der Waals surface area contributed by atoms with Gasteiger partial charge in [-0.1, -0.05) is 76.3 Å². The van der Waals surface area contributed by atoms with Gasteiger partial charge >= 0.3 is 0 Å². The molecule has 3 aromatic rings. The molecule has 0 saturated carbocycles. The summed E-state index contributed by atoms with van der Waals surface area (Å²) >= 11 is 0. The second-order valence-corrected chi connectivity index (χ2v) is 5.11. The Kier molecular flexibility index (Phi) is 7.91. The number of hydrogen-bond donors (Lipinski definition) is 2. The van der Waals surface area contributed by atoms with Crippen molar-refractivity contribution in [2.24, 2.45) is 5.10 Å². The van der Waals surface area contributed by atoms with E-state index in [9.17, 15) is 0 Å². The van der Waals surface area contributed by atoms with Crippen molar-refractivity contribution in [2.75, 3.05) is 5.43 Å². The van der Waals surface area contributed by atoms with Crippen LogP contribution in [0.1, 0.15) is 53.8 Å². The Morgan fingerprint density at radius 2 is 1.78 bits per heavy atom. The molecule has 1 aromatic carbocycles. The van der Waals surface area contributed by atoms with E-state index in [1.807, 2.05) is 70.2 Å². The van der Waals surface area contributed by atoms with Gasteiger partial charge in [0.25, 0.3) is 5.95 Å². The lowest BCUT2D eigenvalue weighted by Gasteiger charge is -1.97. The zero-order valence-electron chi connectivity index (χ0n) is 16.3. The van der Waals surface area contributed by atoms with Crippen molar-refractivity contribution in [3.63, 3.8) is 0 Å². The van der Waals surface area contributed by atoms with Gasteiger partial charge in [0, 0.05) is 14.1 Å². The molecule has 0 atom stereocenters. The second-order valence-electron chi connectivity index (χ2n) is 5.11. The molecule has 1 aliphatic rings. The zero-order valence-corrected chi connectivity index (χ0v) is 16.3. The van der Waals surface area contributed by atoms with Crippen LogP contribution in [0.25, 0.3) is 23.3 Å². The highest BCUT2D eigenvalue weighted by molar-refractivity contribution is 5.88. The fraction of sp³-hybridized carbons (Fsp3) is 0.238. The van der Waals surface area contributed by atoms with E-state index in [1.54, 1.807) is 6.21 Å². The fourth-order valence-electron chi connectivity index (χ4n) is 2.42. The smallest absolute Gasteiger partial charge is 0.265 e. The quantitative estimate of drug-likeness (QED) is 0.455. The number of aromatic amines is 1. The van der Waals surface area contributed by atoms with Crippen LogP contribution in [0.3, 0.4) is 0 Å². The number of nitrogens with one attached hydrogen (secondary N) is 2. The van der Waals surface area contributed by atoms with Crippen molar-refractivity contribution in [2.45, 2.75) is 34.1 Å². The maximum atomic E-state index is 4.42. The van der Waals surface area contributed by atoms with Gasteiger partial charge in [-0.15, -0.1) is 10.2 Å². The lowest BCUT2D eigenvalue weighted by molar-refractivity contribution is 1.01. The van der Waals surface area contributed by atoms with Crippen molar-refractivity contribution in [3.05, 3.63) is 59.3 Å². The number of hydrazone groups is 1. The van der Waals surface area contributed by atoms with Gasteiger partial charge in [0.05, 0.1) is 6.21 Å². The number of H-pyrrole nitrogens is 1. The summed E-state index contributed by atoms with van der Waals surface area (Å²) in [7, 11) is 0. The number of benzene rings is 1. The van der Waals surface area contributed by atoms with Crippen LogP contribution < -0.4 is 5.43 Å². The Morgan fingerprint density at radius 3 is 2.56 bits per heavy atom. The number of allylic oxidation sites excluding steroid dienone is 2. The second kappa shape index (κ2) is 10.7. The minimum Gasteiger partial charge on any atom is -0.338 e. The predicted molar refractivity (Wildman–Crippen MR) is 119 cm³/mol. The van der Waals surface area contributed by atoms with E-state index in [0.717, 1.165) is 28.8 Å². The molecule has 4 rings (SSSR count). The minimum absolute atomic E-state index is 0. The van der Waals surface area contributed by atoms with Crippen molar-refractivity contribution in [1.29, 1.82) is 0 Å². The van der Waals surface area contributed by atoms with Crippen molar-refractivity contribution in [3.8, 4) is 0 Å². The van der Waals surface area contributed by atoms with Crippen LogP contribution in [0.15, 0.2) is 47.6 Å². The van der Waals surface area contributed by atoms with E-state index in [2.05, 4.69) is 42.8 Å². The molecule has 6 nitrogen and oxygen atoms in total. The lowest BCUT2D eigenvalue weighted by Crippen LogP contribution is -1.99. The average Bonchev–Trinajstić information content (AvgIpc) is 2.91. The molecule has 2 aromatic heterocycles. The number of hydrogen-bond acceptors (Lipinski definition) is 5. The molecule has 0 unspecified atom stereocenters. The molecule has 0 radical (unpaired) electrons. The van der Waals surface area contributed by atoms with E-state index in [1.165, 1.54) is 0 Å². The van der Waals surface area contributed by atoms with Gasteiger partial charge in [0.2, 0.25) is 0 Å². The first-order valence-corrected chi connectivity index (χ1v) is 9.34. The SMILES string of the molecule is C1=Cc2[nH]c3nc(N/N=C/c4ccccc4)nnc3c2C=CC1.CC.CC.[HH].[HH]. The molecule has 2 N–H and O–H groups in total. The normalized spacial score (nSPS) is 11.9. The summed E-state index contributed by atoms with van der Waals surface area (Å²) in [5.41, 5.74) is 7.28. The van der Waals surface area contributed by atoms with Crippen LogP contribution in [0.5, 0.6) is 0 Å². The highest BCUT2D eigenvalue weighted by atomic mass is 15.4. The zero-order chi connectivity index (χ0) is 19.5. The van der Waals surface area contributed by atoms with Gasteiger partial charge in [-0.25, -0.2) is 5.43 Å². The topological polar surface area (TPSA) is 78.9 Å². The third-order valence-electron chi connectivity index (χ3n) is 3.50. The summed E-state index contributed by atoms with van der Waals surface area (Å²) in [6, 6.07) is 9.81. The van der Waals surface area contributed by atoms with Gasteiger partial charge < -0.3 is 4.98 Å². The Morgan fingerprint density at radius 1 is 1.04 bits per heavy atom. The van der Waals surface area contributed by atoms with Crippen LogP contribution in [-0.2, 0) is 0 Å². The van der Waals surface area contributed by atoms with Crippen molar-refractivity contribution in [1.82, 2.24) is 20.2 Å². The first-order valence-electron chi connectivity index (χ1n) is 9.34. The number of fused-ring (bicyclic) bond motifs is 3. The first-order chi connectivity index (χ1) is 13.4. The Bertz CT molecular complexity index is 933. The van der Waals surface area contributed by atoms with Gasteiger partial charge in [-0.2, -0.15) is 10.1 Å². The molecule has 144 valence electrons. The molecule has 6 heteroatoms. The third kappa shape index (κ3) is 5.10. The van der Waals surface area contributed by atoms with Gasteiger partial charge in [-0.05, 0) is 18.1 Å². The van der Waals surface area contributed by atoms with Crippen molar-refractivity contribution >= 4 is 35.5 Å². The van der Waals surface area contributed by atoms with E-state index in [4.69, 9.17) is 0 Å². The van der Waals surface area contributed by atoms with Crippen LogP contribution in [0, 0.1) is 0 Å². The maximum Gasteiger partial charge on any atom is 0.265 e. The molecule has 1 aliphatic carbocycles. The highest BCUT2D eigenvalue weighted by Crippen LogP contribution is 2.24. The lowest BCUT2D eigenvalue weighted by atomic mass is 10.2. The van der Waals surface area contributed by atoms with Crippen LogP contribution in [0.4, 0.5) is 5.95 Å². The molecule has 0 fully saturated rings. The number of nitrogens with zero attached hydrogens (tertiary/aromatic N) is 4. The molecule has 27 heavy (non-hydrogen) atoms. The van der Waals surface area contributed by atoms with E-state index < -0.39 is 0 Å². The summed E-state index contributed by atoms with van der Waals surface area (Å²) in [5.74, 6) is 0.356. The summed E-state index contributed by atoms with van der Waals surface area (Å²) in [6.45, 7) is 8.00. The standard InChI is InChI=1S/C17H14N6.2C2H6.2H2/c1-3-7-12(8-4-1)11-18-22-17-20-16-15(21-23-17)13-9-5-2-6-10-14(13)19-16;2*1-2;;/h1,3-11H,2H2,(H2,19,20,22,23);2*1-2H3;2*1H/b18-11+;;;;. The van der Waals surface area contributed by atoms with Gasteiger partial charge in [0.1, 0.15) is 5.52 Å². The van der Waals surface area contributed by atoms with E-state index in [-0.39, 0.29) is 2.85 Å². The van der Waals surface area contributed by atoms with Crippen LogP contribution in [-0.4, -0.2) is 26.4 Å². The number of aromatic nitrogens is 4. The first kappa shape index (κ1) is 20.0. The molecule has 0 spiro atoms. The minimum atomic E-state index is 0. The van der Waals surface area contributed by atoms with Crippen LogP contribution >= 0.6 is 0 Å². The number of rotatable bonds is 3.